The van der Waals surface area contributed by atoms with E-state index in [1.165, 1.54) is 12.1 Å². The lowest BCUT2D eigenvalue weighted by atomic mass is 9.83. The molecule has 0 radical (unpaired) electrons. The molecule has 5 heteroatoms. The van der Waals surface area contributed by atoms with Crippen molar-refractivity contribution in [1.29, 1.82) is 0 Å². The molecule has 0 unspecified atom stereocenters. The number of rotatable bonds is 3. The Morgan fingerprint density at radius 3 is 2.15 bits per heavy atom. The monoisotopic (exact) mass is 343 g/mol. The molecule has 0 saturated heterocycles. The van der Waals surface area contributed by atoms with Crippen molar-refractivity contribution >= 4 is 28.9 Å². The SMILES string of the molecule is O=C(O)c1cccc(Nc2cccc3c2C(=O)c2ccccc2C3=O)c1. The van der Waals surface area contributed by atoms with Crippen molar-refractivity contribution in [3.63, 3.8) is 0 Å². The zero-order valence-corrected chi connectivity index (χ0v) is 13.5. The molecule has 0 aromatic heterocycles. The molecule has 3 aromatic rings. The molecule has 0 amide bonds. The van der Waals surface area contributed by atoms with Gasteiger partial charge in [0.15, 0.2) is 11.6 Å². The number of fused-ring (bicyclic) bond motifs is 2. The Kier molecular flexibility index (Phi) is 3.62. The van der Waals surface area contributed by atoms with Gasteiger partial charge < -0.3 is 10.4 Å². The third kappa shape index (κ3) is 2.46. The first kappa shape index (κ1) is 15.8. The molecule has 0 aliphatic heterocycles. The highest BCUT2D eigenvalue weighted by Crippen LogP contribution is 2.33. The van der Waals surface area contributed by atoms with E-state index < -0.39 is 5.97 Å². The summed E-state index contributed by atoms with van der Waals surface area (Å²) in [7, 11) is 0. The predicted octanol–water partition coefficient (Wildman–Crippen LogP) is 3.90. The van der Waals surface area contributed by atoms with Gasteiger partial charge in [-0.25, -0.2) is 4.79 Å². The molecule has 0 saturated carbocycles. The van der Waals surface area contributed by atoms with E-state index in [0.717, 1.165) is 0 Å². The largest absolute Gasteiger partial charge is 0.478 e. The lowest BCUT2D eigenvalue weighted by Crippen LogP contribution is -2.22. The van der Waals surface area contributed by atoms with Gasteiger partial charge in [-0.2, -0.15) is 0 Å². The van der Waals surface area contributed by atoms with Gasteiger partial charge in [0, 0.05) is 22.4 Å². The number of nitrogens with one attached hydrogen (secondary N) is 1. The number of carboxylic acid groups (broad SMARTS) is 1. The van der Waals surface area contributed by atoms with Crippen LogP contribution in [0.15, 0.2) is 66.7 Å². The standard InChI is InChI=1S/C21H13NO4/c23-19-14-7-1-2-8-15(14)20(24)18-16(19)9-4-10-17(18)22-13-6-3-5-12(11-13)21(25)26/h1-11,22H,(H,25,26). The summed E-state index contributed by atoms with van der Waals surface area (Å²) in [5.41, 5.74) is 2.54. The summed E-state index contributed by atoms with van der Waals surface area (Å²) in [4.78, 5) is 36.8. The molecule has 4 rings (SSSR count). The molecule has 1 aliphatic rings. The lowest BCUT2D eigenvalue weighted by molar-refractivity contribution is 0.0696. The summed E-state index contributed by atoms with van der Waals surface area (Å²) in [6.07, 6.45) is 0. The summed E-state index contributed by atoms with van der Waals surface area (Å²) in [5, 5.41) is 12.2. The summed E-state index contributed by atoms with van der Waals surface area (Å²) < 4.78 is 0. The van der Waals surface area contributed by atoms with Gasteiger partial charge in [0.05, 0.1) is 16.8 Å². The Labute approximate surface area is 148 Å². The molecule has 3 aromatic carbocycles. The fraction of sp³-hybridized carbons (Fsp3) is 0. The Morgan fingerprint density at radius 1 is 0.769 bits per heavy atom. The zero-order chi connectivity index (χ0) is 18.3. The quantitative estimate of drug-likeness (QED) is 0.589. The maximum Gasteiger partial charge on any atom is 0.335 e. The van der Waals surface area contributed by atoms with Crippen molar-refractivity contribution in [2.45, 2.75) is 0 Å². The van der Waals surface area contributed by atoms with Crippen LogP contribution in [0.4, 0.5) is 11.4 Å². The first-order valence-corrected chi connectivity index (χ1v) is 7.98. The van der Waals surface area contributed by atoms with Crippen LogP contribution in [0.25, 0.3) is 0 Å². The van der Waals surface area contributed by atoms with Crippen LogP contribution in [0.5, 0.6) is 0 Å². The third-order valence-electron chi connectivity index (χ3n) is 4.34. The van der Waals surface area contributed by atoms with Gasteiger partial charge in [-0.3, -0.25) is 9.59 Å². The number of aromatic carboxylic acids is 1. The van der Waals surface area contributed by atoms with E-state index in [2.05, 4.69) is 5.32 Å². The van der Waals surface area contributed by atoms with Gasteiger partial charge in [-0.1, -0.05) is 42.5 Å². The molecular formula is C21H13NO4. The number of hydrogen-bond acceptors (Lipinski definition) is 4. The van der Waals surface area contributed by atoms with Crippen LogP contribution in [-0.4, -0.2) is 22.6 Å². The predicted molar refractivity (Wildman–Crippen MR) is 96.4 cm³/mol. The van der Waals surface area contributed by atoms with Crippen LogP contribution in [0.2, 0.25) is 0 Å². The number of benzene rings is 3. The molecular weight excluding hydrogens is 330 g/mol. The number of hydrogen-bond donors (Lipinski definition) is 2. The number of anilines is 2. The van der Waals surface area contributed by atoms with Gasteiger partial charge in [0.25, 0.3) is 0 Å². The lowest BCUT2D eigenvalue weighted by Gasteiger charge is -2.20. The molecule has 1 aliphatic carbocycles. The van der Waals surface area contributed by atoms with E-state index in [1.807, 2.05) is 0 Å². The second-order valence-electron chi connectivity index (χ2n) is 5.94. The highest BCUT2D eigenvalue weighted by atomic mass is 16.4. The average molecular weight is 343 g/mol. The highest BCUT2D eigenvalue weighted by Gasteiger charge is 2.31. The van der Waals surface area contributed by atoms with Gasteiger partial charge in [-0.15, -0.1) is 0 Å². The van der Waals surface area contributed by atoms with Gasteiger partial charge in [-0.05, 0) is 24.3 Å². The first-order chi connectivity index (χ1) is 12.6. The summed E-state index contributed by atoms with van der Waals surface area (Å²) in [5.74, 6) is -1.46. The van der Waals surface area contributed by atoms with Crippen molar-refractivity contribution in [2.75, 3.05) is 5.32 Å². The van der Waals surface area contributed by atoms with Crippen LogP contribution in [0, 0.1) is 0 Å². The normalized spacial score (nSPS) is 12.3. The minimum absolute atomic E-state index is 0.132. The van der Waals surface area contributed by atoms with Crippen LogP contribution < -0.4 is 5.32 Å². The fourth-order valence-corrected chi connectivity index (χ4v) is 3.13. The Balaban J connectivity index is 1.81. The maximum atomic E-state index is 13.0. The topological polar surface area (TPSA) is 83.5 Å². The van der Waals surface area contributed by atoms with Crippen LogP contribution in [0.3, 0.4) is 0 Å². The summed E-state index contributed by atoms with van der Waals surface area (Å²) in [6.45, 7) is 0. The second kappa shape index (κ2) is 5.97. The molecule has 0 atom stereocenters. The van der Waals surface area contributed by atoms with E-state index in [1.54, 1.807) is 54.6 Å². The maximum absolute atomic E-state index is 13.0. The molecule has 5 nitrogen and oxygen atoms in total. The molecule has 0 bridgehead atoms. The minimum Gasteiger partial charge on any atom is -0.478 e. The van der Waals surface area contributed by atoms with E-state index >= 15 is 0 Å². The Morgan fingerprint density at radius 2 is 1.42 bits per heavy atom. The summed E-state index contributed by atoms with van der Waals surface area (Å²) >= 11 is 0. The van der Waals surface area contributed by atoms with E-state index in [9.17, 15) is 14.4 Å². The molecule has 126 valence electrons. The highest BCUT2D eigenvalue weighted by molar-refractivity contribution is 6.30. The molecule has 0 fully saturated rings. The van der Waals surface area contributed by atoms with Crippen LogP contribution >= 0.6 is 0 Å². The molecule has 0 spiro atoms. The second-order valence-corrected chi connectivity index (χ2v) is 5.94. The van der Waals surface area contributed by atoms with Crippen molar-refractivity contribution < 1.29 is 19.5 Å². The van der Waals surface area contributed by atoms with Crippen LogP contribution in [-0.2, 0) is 0 Å². The Bertz CT molecular complexity index is 1080. The number of carbonyl (C=O) groups is 3. The van der Waals surface area contributed by atoms with Gasteiger partial charge in [0.1, 0.15) is 0 Å². The number of carbonyl (C=O) groups excluding carboxylic acids is 2. The van der Waals surface area contributed by atoms with Crippen molar-refractivity contribution in [3.8, 4) is 0 Å². The molecule has 26 heavy (non-hydrogen) atoms. The van der Waals surface area contributed by atoms with E-state index in [4.69, 9.17) is 5.11 Å². The van der Waals surface area contributed by atoms with Gasteiger partial charge >= 0.3 is 5.97 Å². The first-order valence-electron chi connectivity index (χ1n) is 7.98. The van der Waals surface area contributed by atoms with Crippen molar-refractivity contribution in [3.05, 3.63) is 94.5 Å². The molecule has 0 heterocycles. The van der Waals surface area contributed by atoms with Crippen LogP contribution in [0.1, 0.15) is 42.2 Å². The average Bonchev–Trinajstić information content (AvgIpc) is 2.66. The number of carboxylic acids is 1. The smallest absolute Gasteiger partial charge is 0.335 e. The number of ketones is 2. The molecule has 2 N–H and O–H groups in total. The zero-order valence-electron chi connectivity index (χ0n) is 13.5. The van der Waals surface area contributed by atoms with E-state index in [0.29, 0.717) is 33.6 Å². The van der Waals surface area contributed by atoms with Crippen molar-refractivity contribution in [1.82, 2.24) is 0 Å². The van der Waals surface area contributed by atoms with Gasteiger partial charge in [0.2, 0.25) is 0 Å². The summed E-state index contributed by atoms with van der Waals surface area (Å²) in [6, 6.07) is 18.0. The van der Waals surface area contributed by atoms with Crippen molar-refractivity contribution in [2.24, 2.45) is 0 Å². The minimum atomic E-state index is -1.04. The fourth-order valence-electron chi connectivity index (χ4n) is 3.13. The third-order valence-corrected chi connectivity index (χ3v) is 4.34. The van der Waals surface area contributed by atoms with E-state index in [-0.39, 0.29) is 17.1 Å². The Hall–Kier alpha value is -3.73.